The fourth-order valence-electron chi connectivity index (χ4n) is 2.18. The molecule has 1 aromatic rings. The van der Waals surface area contributed by atoms with Crippen molar-refractivity contribution in [3.63, 3.8) is 0 Å². The van der Waals surface area contributed by atoms with Gasteiger partial charge in [0.1, 0.15) is 18.0 Å². The Bertz CT molecular complexity index is 489. The average molecular weight is 245 g/mol. The summed E-state index contributed by atoms with van der Waals surface area (Å²) in [7, 11) is 0. The Balaban J connectivity index is 2.45. The number of hydrogen-bond donors (Lipinski definition) is 2. The number of aromatic nitrogens is 2. The van der Waals surface area contributed by atoms with Crippen LogP contribution in [-0.4, -0.2) is 26.7 Å². The SMILES string of the molecule is CC1CC(n2ccc(N)nc2=O)C(F)(F)[C@@H]1O. The van der Waals surface area contributed by atoms with Crippen LogP contribution >= 0.6 is 0 Å². The first-order chi connectivity index (χ1) is 7.84. The molecule has 0 saturated heterocycles. The maximum Gasteiger partial charge on any atom is 0.349 e. The van der Waals surface area contributed by atoms with Gasteiger partial charge in [-0.1, -0.05) is 6.92 Å². The summed E-state index contributed by atoms with van der Waals surface area (Å²) in [6, 6.07) is -0.0829. The Labute approximate surface area is 95.9 Å². The van der Waals surface area contributed by atoms with Crippen molar-refractivity contribution in [2.45, 2.75) is 31.4 Å². The zero-order valence-corrected chi connectivity index (χ0v) is 9.18. The number of anilines is 1. The van der Waals surface area contributed by atoms with Crippen LogP contribution in [0.2, 0.25) is 0 Å². The van der Waals surface area contributed by atoms with Crippen LogP contribution in [0.4, 0.5) is 14.6 Å². The van der Waals surface area contributed by atoms with Gasteiger partial charge in [0.05, 0.1) is 0 Å². The molecule has 0 aliphatic heterocycles. The van der Waals surface area contributed by atoms with Gasteiger partial charge in [-0.25, -0.2) is 13.6 Å². The van der Waals surface area contributed by atoms with Crippen molar-refractivity contribution in [3.8, 4) is 0 Å². The smallest absolute Gasteiger partial charge is 0.349 e. The van der Waals surface area contributed by atoms with E-state index in [1.807, 2.05) is 0 Å². The van der Waals surface area contributed by atoms with Crippen molar-refractivity contribution >= 4 is 5.82 Å². The lowest BCUT2D eigenvalue weighted by atomic mass is 10.1. The van der Waals surface area contributed by atoms with Gasteiger partial charge in [0.2, 0.25) is 0 Å². The van der Waals surface area contributed by atoms with Gasteiger partial charge in [0, 0.05) is 6.20 Å². The number of hydrogen-bond acceptors (Lipinski definition) is 4. The minimum atomic E-state index is -3.33. The van der Waals surface area contributed by atoms with E-state index in [4.69, 9.17) is 5.73 Å². The fourth-order valence-corrected chi connectivity index (χ4v) is 2.18. The molecule has 2 unspecified atom stereocenters. The number of halogens is 2. The number of aliphatic hydroxyl groups is 1. The lowest BCUT2D eigenvalue weighted by Crippen LogP contribution is -2.40. The zero-order chi connectivity index (χ0) is 12.8. The molecule has 7 heteroatoms. The highest BCUT2D eigenvalue weighted by molar-refractivity contribution is 5.24. The summed E-state index contributed by atoms with van der Waals surface area (Å²) in [6.07, 6.45) is -0.523. The second kappa shape index (κ2) is 3.76. The predicted molar refractivity (Wildman–Crippen MR) is 56.7 cm³/mol. The van der Waals surface area contributed by atoms with E-state index in [1.54, 1.807) is 0 Å². The van der Waals surface area contributed by atoms with E-state index >= 15 is 0 Å². The molecule has 1 fully saturated rings. The number of rotatable bonds is 1. The van der Waals surface area contributed by atoms with Crippen molar-refractivity contribution in [1.82, 2.24) is 9.55 Å². The van der Waals surface area contributed by atoms with Crippen LogP contribution in [0.25, 0.3) is 0 Å². The van der Waals surface area contributed by atoms with Crippen molar-refractivity contribution < 1.29 is 13.9 Å². The third kappa shape index (κ3) is 1.80. The van der Waals surface area contributed by atoms with E-state index in [9.17, 15) is 18.7 Å². The third-order valence-electron chi connectivity index (χ3n) is 3.16. The lowest BCUT2D eigenvalue weighted by molar-refractivity contribution is -0.119. The highest BCUT2D eigenvalue weighted by Gasteiger charge is 2.56. The van der Waals surface area contributed by atoms with Crippen molar-refractivity contribution in [1.29, 1.82) is 0 Å². The number of nitrogens with zero attached hydrogens (tertiary/aromatic N) is 2. The lowest BCUT2D eigenvalue weighted by Gasteiger charge is -2.23. The minimum Gasteiger partial charge on any atom is -0.386 e. The summed E-state index contributed by atoms with van der Waals surface area (Å²) < 4.78 is 28.3. The van der Waals surface area contributed by atoms with Crippen LogP contribution in [0, 0.1) is 5.92 Å². The Hall–Kier alpha value is -1.50. The van der Waals surface area contributed by atoms with Crippen LogP contribution in [0.5, 0.6) is 0 Å². The molecule has 0 spiro atoms. The van der Waals surface area contributed by atoms with Gasteiger partial charge in [-0.2, -0.15) is 4.98 Å². The summed E-state index contributed by atoms with van der Waals surface area (Å²) in [4.78, 5) is 14.9. The van der Waals surface area contributed by atoms with Gasteiger partial charge in [-0.05, 0) is 18.4 Å². The number of nitrogens with two attached hydrogens (primary N) is 1. The molecule has 0 radical (unpaired) electrons. The molecule has 3 atom stereocenters. The quantitative estimate of drug-likeness (QED) is 0.750. The maximum absolute atomic E-state index is 13.8. The van der Waals surface area contributed by atoms with E-state index in [-0.39, 0.29) is 12.2 Å². The zero-order valence-electron chi connectivity index (χ0n) is 9.18. The molecule has 0 bridgehead atoms. The molecule has 0 aromatic carbocycles. The molecule has 1 aliphatic carbocycles. The molecular formula is C10H13F2N3O2. The molecule has 2 rings (SSSR count). The molecule has 94 valence electrons. The first-order valence-electron chi connectivity index (χ1n) is 5.24. The molecular weight excluding hydrogens is 232 g/mol. The predicted octanol–water partition coefficient (Wildman–Crippen LogP) is 0.403. The van der Waals surface area contributed by atoms with Gasteiger partial charge >= 0.3 is 5.69 Å². The Morgan fingerprint density at radius 3 is 2.76 bits per heavy atom. The Morgan fingerprint density at radius 1 is 1.65 bits per heavy atom. The normalized spacial score (nSPS) is 31.6. The van der Waals surface area contributed by atoms with E-state index < -0.39 is 29.7 Å². The van der Waals surface area contributed by atoms with E-state index in [1.165, 1.54) is 19.2 Å². The standard InChI is InChI=1S/C10H13F2N3O2/c1-5-4-6(10(11,12)8(5)16)15-3-2-7(13)14-9(15)17/h2-3,5-6,8,16H,4H2,1H3,(H2,13,14,17)/t5?,6?,8-/m1/s1. The van der Waals surface area contributed by atoms with E-state index in [2.05, 4.69) is 4.98 Å². The number of nitrogen functional groups attached to an aromatic ring is 1. The molecule has 1 aromatic heterocycles. The molecule has 3 N–H and O–H groups in total. The van der Waals surface area contributed by atoms with Crippen LogP contribution in [0.15, 0.2) is 17.1 Å². The average Bonchev–Trinajstić information content (AvgIpc) is 2.43. The minimum absolute atomic E-state index is 0.0128. The number of alkyl halides is 2. The van der Waals surface area contributed by atoms with E-state index in [0.29, 0.717) is 0 Å². The highest BCUT2D eigenvalue weighted by Crippen LogP contribution is 2.46. The largest absolute Gasteiger partial charge is 0.386 e. The first kappa shape index (κ1) is 12.0. The van der Waals surface area contributed by atoms with Crippen LogP contribution in [0.1, 0.15) is 19.4 Å². The van der Waals surface area contributed by atoms with E-state index in [0.717, 1.165) is 4.57 Å². The van der Waals surface area contributed by atoms with Crippen molar-refractivity contribution in [2.24, 2.45) is 5.92 Å². The number of aliphatic hydroxyl groups excluding tert-OH is 1. The van der Waals surface area contributed by atoms with Gasteiger partial charge in [0.25, 0.3) is 5.92 Å². The van der Waals surface area contributed by atoms with Gasteiger partial charge in [0.15, 0.2) is 0 Å². The topological polar surface area (TPSA) is 81.1 Å². The van der Waals surface area contributed by atoms with Gasteiger partial charge in [-0.15, -0.1) is 0 Å². The molecule has 5 nitrogen and oxygen atoms in total. The maximum atomic E-state index is 13.8. The summed E-state index contributed by atoms with van der Waals surface area (Å²) in [5.74, 6) is -3.92. The Morgan fingerprint density at radius 2 is 2.29 bits per heavy atom. The molecule has 1 heterocycles. The van der Waals surface area contributed by atoms with Crippen LogP contribution < -0.4 is 11.4 Å². The molecule has 1 saturated carbocycles. The second-order valence-electron chi connectivity index (χ2n) is 4.39. The summed E-state index contributed by atoms with van der Waals surface area (Å²) >= 11 is 0. The molecule has 1 aliphatic rings. The van der Waals surface area contributed by atoms with Crippen molar-refractivity contribution in [2.75, 3.05) is 5.73 Å². The Kier molecular flexibility index (Phi) is 2.65. The third-order valence-corrected chi connectivity index (χ3v) is 3.16. The summed E-state index contributed by atoms with van der Waals surface area (Å²) in [6.45, 7) is 1.52. The second-order valence-corrected chi connectivity index (χ2v) is 4.39. The van der Waals surface area contributed by atoms with Crippen LogP contribution in [0.3, 0.4) is 0 Å². The highest BCUT2D eigenvalue weighted by atomic mass is 19.3. The summed E-state index contributed by atoms with van der Waals surface area (Å²) in [5, 5.41) is 9.39. The van der Waals surface area contributed by atoms with Gasteiger partial charge in [-0.3, -0.25) is 4.57 Å². The summed E-state index contributed by atoms with van der Waals surface area (Å²) in [5.41, 5.74) is 4.46. The fraction of sp³-hybridized carbons (Fsp3) is 0.600. The van der Waals surface area contributed by atoms with Gasteiger partial charge < -0.3 is 10.8 Å². The first-order valence-corrected chi connectivity index (χ1v) is 5.24. The van der Waals surface area contributed by atoms with Crippen molar-refractivity contribution in [3.05, 3.63) is 22.7 Å². The molecule has 17 heavy (non-hydrogen) atoms. The molecule has 0 amide bonds. The monoisotopic (exact) mass is 245 g/mol. The van der Waals surface area contributed by atoms with Crippen LogP contribution in [-0.2, 0) is 0 Å².